The molecule has 16 heavy (non-hydrogen) atoms. The quantitative estimate of drug-likeness (QED) is 0.682. The Balaban J connectivity index is 2.27. The van der Waals surface area contributed by atoms with Crippen molar-refractivity contribution in [3.63, 3.8) is 0 Å². The van der Waals surface area contributed by atoms with Gasteiger partial charge in [0.1, 0.15) is 0 Å². The summed E-state index contributed by atoms with van der Waals surface area (Å²) < 4.78 is 0. The van der Waals surface area contributed by atoms with E-state index < -0.39 is 0 Å². The van der Waals surface area contributed by atoms with Gasteiger partial charge >= 0.3 is 0 Å². The second-order valence-corrected chi connectivity index (χ2v) is 3.74. The highest BCUT2D eigenvalue weighted by Gasteiger charge is 2.05. The van der Waals surface area contributed by atoms with E-state index in [2.05, 4.69) is 23.5 Å². The Morgan fingerprint density at radius 1 is 1.31 bits per heavy atom. The summed E-state index contributed by atoms with van der Waals surface area (Å²) in [5, 5.41) is 20.7. The number of nitriles is 1. The van der Waals surface area contributed by atoms with Crippen molar-refractivity contribution in [2.24, 2.45) is 0 Å². The molecule has 3 heteroatoms. The molecule has 0 aliphatic rings. The Morgan fingerprint density at radius 2 is 2.06 bits per heavy atom. The summed E-state index contributed by atoms with van der Waals surface area (Å²) >= 11 is 0. The van der Waals surface area contributed by atoms with Crippen molar-refractivity contribution in [3.05, 3.63) is 35.9 Å². The van der Waals surface area contributed by atoms with E-state index in [9.17, 15) is 0 Å². The van der Waals surface area contributed by atoms with Crippen LogP contribution < -0.4 is 5.32 Å². The van der Waals surface area contributed by atoms with Gasteiger partial charge in [0.25, 0.3) is 0 Å². The number of hydrogen-bond acceptors (Lipinski definition) is 3. The van der Waals surface area contributed by atoms with E-state index in [0.717, 1.165) is 12.8 Å². The van der Waals surface area contributed by atoms with Crippen molar-refractivity contribution in [1.82, 2.24) is 5.32 Å². The average Bonchev–Trinajstić information content (AvgIpc) is 2.35. The van der Waals surface area contributed by atoms with Crippen LogP contribution in [-0.2, 0) is 6.42 Å². The van der Waals surface area contributed by atoms with E-state index in [1.807, 2.05) is 18.2 Å². The van der Waals surface area contributed by atoms with Gasteiger partial charge in [0, 0.05) is 6.61 Å². The summed E-state index contributed by atoms with van der Waals surface area (Å²) in [6.07, 6.45) is 2.42. The maximum Gasteiger partial charge on any atom is 0.0956 e. The van der Waals surface area contributed by atoms with Crippen LogP contribution in [0.25, 0.3) is 0 Å². The van der Waals surface area contributed by atoms with Crippen LogP contribution in [-0.4, -0.2) is 24.3 Å². The van der Waals surface area contributed by atoms with Crippen LogP contribution in [0, 0.1) is 11.3 Å². The molecular weight excluding hydrogens is 200 g/mol. The smallest absolute Gasteiger partial charge is 0.0956 e. The zero-order chi connectivity index (χ0) is 11.6. The topological polar surface area (TPSA) is 56.0 Å². The van der Waals surface area contributed by atoms with Gasteiger partial charge in [-0.05, 0) is 31.4 Å². The maximum absolute atomic E-state index is 8.93. The molecule has 0 aromatic heterocycles. The second-order valence-electron chi connectivity index (χ2n) is 3.74. The van der Waals surface area contributed by atoms with E-state index in [-0.39, 0.29) is 12.6 Å². The van der Waals surface area contributed by atoms with E-state index >= 15 is 0 Å². The van der Waals surface area contributed by atoms with Crippen molar-refractivity contribution in [1.29, 1.82) is 5.26 Å². The van der Waals surface area contributed by atoms with Crippen LogP contribution in [0.2, 0.25) is 0 Å². The minimum Gasteiger partial charge on any atom is -0.396 e. The van der Waals surface area contributed by atoms with Crippen LogP contribution in [0.4, 0.5) is 0 Å². The molecular formula is C13H18N2O. The Bertz CT molecular complexity index is 318. The maximum atomic E-state index is 8.93. The van der Waals surface area contributed by atoms with E-state index in [0.29, 0.717) is 13.0 Å². The van der Waals surface area contributed by atoms with E-state index in [1.54, 1.807) is 0 Å². The molecule has 0 saturated heterocycles. The number of aryl methyl sites for hydroxylation is 1. The SMILES string of the molecule is N#CC(CCc1ccccc1)NCCCO. The van der Waals surface area contributed by atoms with E-state index in [1.165, 1.54) is 5.56 Å². The van der Waals surface area contributed by atoms with Gasteiger partial charge in [-0.25, -0.2) is 0 Å². The summed E-state index contributed by atoms with van der Waals surface area (Å²) in [5.74, 6) is 0. The Kier molecular flexibility index (Phi) is 6.24. The van der Waals surface area contributed by atoms with Crippen molar-refractivity contribution < 1.29 is 5.11 Å². The van der Waals surface area contributed by atoms with Crippen molar-refractivity contribution in [2.45, 2.75) is 25.3 Å². The zero-order valence-corrected chi connectivity index (χ0v) is 9.39. The molecule has 0 amide bonds. The number of aliphatic hydroxyl groups is 1. The molecule has 1 unspecified atom stereocenters. The number of nitrogens with zero attached hydrogens (tertiary/aromatic N) is 1. The van der Waals surface area contributed by atoms with Gasteiger partial charge in [-0.3, -0.25) is 0 Å². The monoisotopic (exact) mass is 218 g/mol. The number of nitrogens with one attached hydrogen (secondary N) is 1. The molecule has 0 aliphatic heterocycles. The van der Waals surface area contributed by atoms with Crippen molar-refractivity contribution in [2.75, 3.05) is 13.2 Å². The van der Waals surface area contributed by atoms with Crippen molar-refractivity contribution >= 4 is 0 Å². The van der Waals surface area contributed by atoms with Crippen LogP contribution in [0.15, 0.2) is 30.3 Å². The third-order valence-corrected chi connectivity index (χ3v) is 2.45. The molecule has 0 radical (unpaired) electrons. The van der Waals surface area contributed by atoms with Gasteiger partial charge in [0.05, 0.1) is 12.1 Å². The van der Waals surface area contributed by atoms with E-state index in [4.69, 9.17) is 10.4 Å². The van der Waals surface area contributed by atoms with Crippen molar-refractivity contribution in [3.8, 4) is 6.07 Å². The summed E-state index contributed by atoms with van der Waals surface area (Å²) in [7, 11) is 0. The summed E-state index contributed by atoms with van der Waals surface area (Å²) in [5.41, 5.74) is 1.26. The third kappa shape index (κ3) is 4.92. The van der Waals surface area contributed by atoms with Crippen LogP contribution >= 0.6 is 0 Å². The molecule has 0 fully saturated rings. The van der Waals surface area contributed by atoms with Gasteiger partial charge in [-0.2, -0.15) is 5.26 Å². The number of rotatable bonds is 7. The normalized spacial score (nSPS) is 12.0. The lowest BCUT2D eigenvalue weighted by Gasteiger charge is -2.10. The molecule has 1 aromatic carbocycles. The predicted octanol–water partition coefficient (Wildman–Crippen LogP) is 1.48. The van der Waals surface area contributed by atoms with Crippen LogP contribution in [0.1, 0.15) is 18.4 Å². The average molecular weight is 218 g/mol. The minimum atomic E-state index is -0.119. The van der Waals surface area contributed by atoms with Gasteiger partial charge in [-0.15, -0.1) is 0 Å². The molecule has 0 bridgehead atoms. The first-order valence-corrected chi connectivity index (χ1v) is 5.64. The molecule has 0 aliphatic carbocycles. The van der Waals surface area contributed by atoms with Gasteiger partial charge in [0.2, 0.25) is 0 Å². The van der Waals surface area contributed by atoms with Gasteiger partial charge in [0.15, 0.2) is 0 Å². The fourth-order valence-corrected chi connectivity index (χ4v) is 1.52. The summed E-state index contributed by atoms with van der Waals surface area (Å²) in [4.78, 5) is 0. The molecule has 0 saturated carbocycles. The first kappa shape index (κ1) is 12.7. The number of hydrogen-bond donors (Lipinski definition) is 2. The molecule has 1 atom stereocenters. The van der Waals surface area contributed by atoms with Gasteiger partial charge < -0.3 is 10.4 Å². The zero-order valence-electron chi connectivity index (χ0n) is 9.39. The van der Waals surface area contributed by atoms with Gasteiger partial charge in [-0.1, -0.05) is 30.3 Å². The highest BCUT2D eigenvalue weighted by atomic mass is 16.3. The minimum absolute atomic E-state index is 0.119. The first-order valence-electron chi connectivity index (χ1n) is 5.64. The largest absolute Gasteiger partial charge is 0.396 e. The Morgan fingerprint density at radius 3 is 2.69 bits per heavy atom. The Labute approximate surface area is 96.7 Å². The number of aliphatic hydroxyl groups excluding tert-OH is 1. The summed E-state index contributed by atoms with van der Waals surface area (Å²) in [6, 6.07) is 12.3. The molecule has 0 heterocycles. The molecule has 3 nitrogen and oxygen atoms in total. The highest BCUT2D eigenvalue weighted by molar-refractivity contribution is 5.15. The van der Waals surface area contributed by atoms with Crippen LogP contribution in [0.3, 0.4) is 0 Å². The Hall–Kier alpha value is -1.37. The molecule has 1 aromatic rings. The lowest BCUT2D eigenvalue weighted by molar-refractivity contribution is 0.284. The molecule has 2 N–H and O–H groups in total. The first-order chi connectivity index (χ1) is 7.86. The third-order valence-electron chi connectivity index (χ3n) is 2.45. The van der Waals surface area contributed by atoms with Crippen LogP contribution in [0.5, 0.6) is 0 Å². The number of benzene rings is 1. The lowest BCUT2D eigenvalue weighted by Crippen LogP contribution is -2.29. The lowest BCUT2D eigenvalue weighted by atomic mass is 10.1. The fraction of sp³-hybridized carbons (Fsp3) is 0.462. The molecule has 0 spiro atoms. The second kappa shape index (κ2) is 7.86. The summed E-state index contributed by atoms with van der Waals surface area (Å²) in [6.45, 7) is 0.868. The fourth-order valence-electron chi connectivity index (χ4n) is 1.52. The predicted molar refractivity (Wildman–Crippen MR) is 63.9 cm³/mol. The standard InChI is InChI=1S/C13H18N2O/c14-11-13(15-9-4-10-16)8-7-12-5-2-1-3-6-12/h1-3,5-6,13,15-16H,4,7-10H2. The molecule has 1 rings (SSSR count). The highest BCUT2D eigenvalue weighted by Crippen LogP contribution is 2.04. The molecule has 86 valence electrons.